The third-order valence-corrected chi connectivity index (χ3v) is 4.64. The molecule has 0 aliphatic heterocycles. The van der Waals surface area contributed by atoms with Gasteiger partial charge in [0.05, 0.1) is 12.2 Å². The molecular weight excluding hydrogens is 489 g/mol. The van der Waals surface area contributed by atoms with Crippen molar-refractivity contribution in [2.24, 2.45) is 12.0 Å². The van der Waals surface area contributed by atoms with E-state index in [1.165, 1.54) is 11.3 Å². The molecule has 0 amide bonds. The lowest BCUT2D eigenvalue weighted by molar-refractivity contribution is 0.224. The first kappa shape index (κ1) is 24.6. The Hall–Kier alpha value is -1.48. The Balaban J connectivity index is 0.00000392. The van der Waals surface area contributed by atoms with Gasteiger partial charge in [-0.25, -0.2) is 0 Å². The molecule has 1 atom stereocenters. The summed E-state index contributed by atoms with van der Waals surface area (Å²) in [5, 5.41) is 12.0. The number of nitrogens with one attached hydrogen (secondary N) is 2. The SMILES string of the molecule is CCc1nn(C)c(CC)c1CNC(=NC)NCC(C)Oc1ccc(Cl)cc1.I. The third kappa shape index (κ3) is 6.84. The van der Waals surface area contributed by atoms with E-state index in [1.54, 1.807) is 7.05 Å². The van der Waals surface area contributed by atoms with E-state index in [-0.39, 0.29) is 30.1 Å². The van der Waals surface area contributed by atoms with Gasteiger partial charge in [-0.2, -0.15) is 5.10 Å². The van der Waals surface area contributed by atoms with Crippen LogP contribution in [0.2, 0.25) is 5.02 Å². The Morgan fingerprint density at radius 1 is 1.21 bits per heavy atom. The topological polar surface area (TPSA) is 63.5 Å². The van der Waals surface area contributed by atoms with Crippen LogP contribution in [-0.2, 0) is 26.4 Å². The molecule has 0 aliphatic carbocycles. The first-order valence-corrected chi connectivity index (χ1v) is 9.76. The fourth-order valence-electron chi connectivity index (χ4n) is 3.01. The fourth-order valence-corrected chi connectivity index (χ4v) is 3.14. The molecule has 0 fully saturated rings. The van der Waals surface area contributed by atoms with Crippen molar-refractivity contribution in [3.05, 3.63) is 46.2 Å². The predicted molar refractivity (Wildman–Crippen MR) is 127 cm³/mol. The van der Waals surface area contributed by atoms with Gasteiger partial charge in [-0.15, -0.1) is 24.0 Å². The standard InChI is InChI=1S/C20H30ClN5O.HI/c1-6-18-17(19(7-2)26(5)25-18)13-24-20(22-4)23-12-14(3)27-16-10-8-15(21)9-11-16;/h8-11,14H,6-7,12-13H2,1-5H3,(H2,22,23,24);1H. The Morgan fingerprint density at radius 3 is 2.46 bits per heavy atom. The molecule has 8 heteroatoms. The number of benzene rings is 1. The first-order chi connectivity index (χ1) is 13.0. The van der Waals surface area contributed by atoms with Gasteiger partial charge in [0.25, 0.3) is 0 Å². The highest BCUT2D eigenvalue weighted by molar-refractivity contribution is 14.0. The molecule has 0 bridgehead atoms. The minimum Gasteiger partial charge on any atom is -0.489 e. The minimum atomic E-state index is -0.0134. The monoisotopic (exact) mass is 519 g/mol. The summed E-state index contributed by atoms with van der Waals surface area (Å²) in [5.74, 6) is 1.54. The quantitative estimate of drug-likeness (QED) is 0.315. The predicted octanol–water partition coefficient (Wildman–Crippen LogP) is 3.95. The number of hydrogen-bond donors (Lipinski definition) is 2. The van der Waals surface area contributed by atoms with Crippen molar-refractivity contribution in [3.8, 4) is 5.75 Å². The summed E-state index contributed by atoms with van der Waals surface area (Å²) in [4.78, 5) is 4.31. The van der Waals surface area contributed by atoms with E-state index >= 15 is 0 Å². The van der Waals surface area contributed by atoms with Gasteiger partial charge in [-0.05, 0) is 44.0 Å². The summed E-state index contributed by atoms with van der Waals surface area (Å²) in [6.07, 6.45) is 1.86. The maximum Gasteiger partial charge on any atom is 0.191 e. The Morgan fingerprint density at radius 2 is 1.89 bits per heavy atom. The maximum absolute atomic E-state index is 5.90. The van der Waals surface area contributed by atoms with E-state index in [1.807, 2.05) is 42.9 Å². The van der Waals surface area contributed by atoms with Gasteiger partial charge in [0.15, 0.2) is 5.96 Å². The van der Waals surface area contributed by atoms with E-state index in [2.05, 4.69) is 34.6 Å². The van der Waals surface area contributed by atoms with Crippen LogP contribution in [0, 0.1) is 0 Å². The molecule has 6 nitrogen and oxygen atoms in total. The van der Waals surface area contributed by atoms with Crippen molar-refractivity contribution in [2.75, 3.05) is 13.6 Å². The summed E-state index contributed by atoms with van der Waals surface area (Å²) < 4.78 is 7.87. The van der Waals surface area contributed by atoms with Gasteiger partial charge >= 0.3 is 0 Å². The normalized spacial score (nSPS) is 12.3. The van der Waals surface area contributed by atoms with Crippen LogP contribution >= 0.6 is 35.6 Å². The lowest BCUT2D eigenvalue weighted by Gasteiger charge is -2.18. The highest BCUT2D eigenvalue weighted by atomic mass is 127. The molecule has 2 N–H and O–H groups in total. The van der Waals surface area contributed by atoms with E-state index in [9.17, 15) is 0 Å². The smallest absolute Gasteiger partial charge is 0.191 e. The number of guanidine groups is 1. The molecule has 0 saturated carbocycles. The fraction of sp³-hybridized carbons (Fsp3) is 0.500. The second-order valence-corrected chi connectivity index (χ2v) is 6.83. The number of aliphatic imine (C=N–C) groups is 1. The molecule has 156 valence electrons. The number of hydrogen-bond acceptors (Lipinski definition) is 3. The van der Waals surface area contributed by atoms with Crippen LogP contribution in [0.5, 0.6) is 5.75 Å². The maximum atomic E-state index is 5.90. The molecule has 2 rings (SSSR count). The number of aromatic nitrogens is 2. The zero-order valence-electron chi connectivity index (χ0n) is 17.3. The summed E-state index contributed by atoms with van der Waals surface area (Å²) in [7, 11) is 3.77. The van der Waals surface area contributed by atoms with E-state index < -0.39 is 0 Å². The number of aryl methyl sites for hydroxylation is 2. The van der Waals surface area contributed by atoms with Gasteiger partial charge in [0, 0.05) is 36.9 Å². The molecule has 28 heavy (non-hydrogen) atoms. The van der Waals surface area contributed by atoms with Crippen LogP contribution in [-0.4, -0.2) is 35.4 Å². The summed E-state index contributed by atoms with van der Waals surface area (Å²) in [6, 6.07) is 7.38. The largest absolute Gasteiger partial charge is 0.489 e. The number of ether oxygens (including phenoxy) is 1. The summed E-state index contributed by atoms with van der Waals surface area (Å²) >= 11 is 5.90. The summed E-state index contributed by atoms with van der Waals surface area (Å²) in [6.45, 7) is 7.64. The number of nitrogens with zero attached hydrogens (tertiary/aromatic N) is 3. The third-order valence-electron chi connectivity index (χ3n) is 4.39. The zero-order valence-corrected chi connectivity index (χ0v) is 20.3. The average molecular weight is 520 g/mol. The van der Waals surface area contributed by atoms with Crippen LogP contribution in [0.15, 0.2) is 29.3 Å². The highest BCUT2D eigenvalue weighted by Gasteiger charge is 2.14. The summed E-state index contributed by atoms with van der Waals surface area (Å²) in [5.41, 5.74) is 3.65. The number of rotatable bonds is 8. The van der Waals surface area contributed by atoms with Gasteiger partial charge in [0.2, 0.25) is 0 Å². The van der Waals surface area contributed by atoms with Crippen LogP contribution in [0.25, 0.3) is 0 Å². The van der Waals surface area contributed by atoms with Crippen molar-refractivity contribution in [1.82, 2.24) is 20.4 Å². The molecule has 2 aromatic rings. The van der Waals surface area contributed by atoms with Crippen LogP contribution in [0.1, 0.15) is 37.7 Å². The van der Waals surface area contributed by atoms with E-state index in [0.717, 1.165) is 30.2 Å². The highest BCUT2D eigenvalue weighted by Crippen LogP contribution is 2.17. The minimum absolute atomic E-state index is 0. The molecule has 1 aromatic carbocycles. The van der Waals surface area contributed by atoms with Crippen LogP contribution in [0.3, 0.4) is 0 Å². The Labute approximate surface area is 190 Å². The molecular formula is C20H31ClIN5O. The van der Waals surface area contributed by atoms with Crippen molar-refractivity contribution >= 4 is 41.5 Å². The van der Waals surface area contributed by atoms with Crippen molar-refractivity contribution in [3.63, 3.8) is 0 Å². The van der Waals surface area contributed by atoms with Gasteiger partial charge in [-0.1, -0.05) is 25.4 Å². The Bertz CT molecular complexity index is 761. The Kier molecular flexibility index (Phi) is 10.7. The van der Waals surface area contributed by atoms with Crippen molar-refractivity contribution in [2.45, 2.75) is 46.3 Å². The van der Waals surface area contributed by atoms with Crippen molar-refractivity contribution in [1.29, 1.82) is 0 Å². The lowest BCUT2D eigenvalue weighted by atomic mass is 10.1. The molecule has 0 saturated heterocycles. The average Bonchev–Trinajstić information content (AvgIpc) is 2.98. The van der Waals surface area contributed by atoms with E-state index in [4.69, 9.17) is 16.3 Å². The molecule has 0 radical (unpaired) electrons. The van der Waals surface area contributed by atoms with Crippen molar-refractivity contribution < 1.29 is 4.74 Å². The molecule has 1 aromatic heterocycles. The van der Waals surface area contributed by atoms with Crippen LogP contribution in [0.4, 0.5) is 0 Å². The zero-order chi connectivity index (χ0) is 19.8. The second kappa shape index (κ2) is 12.2. The van der Waals surface area contributed by atoms with Gasteiger partial charge in [-0.3, -0.25) is 9.67 Å². The second-order valence-electron chi connectivity index (χ2n) is 6.39. The van der Waals surface area contributed by atoms with Gasteiger partial charge in [0.1, 0.15) is 11.9 Å². The van der Waals surface area contributed by atoms with Gasteiger partial charge < -0.3 is 15.4 Å². The molecule has 1 heterocycles. The number of halogens is 2. The lowest BCUT2D eigenvalue weighted by Crippen LogP contribution is -2.41. The molecule has 1 unspecified atom stereocenters. The molecule has 0 spiro atoms. The van der Waals surface area contributed by atoms with E-state index in [0.29, 0.717) is 18.1 Å². The molecule has 0 aliphatic rings. The van der Waals surface area contributed by atoms with Crippen LogP contribution < -0.4 is 15.4 Å². The first-order valence-electron chi connectivity index (χ1n) is 9.38.